The Morgan fingerprint density at radius 3 is 2.42 bits per heavy atom. The summed E-state index contributed by atoms with van der Waals surface area (Å²) in [5.74, 6) is -1.98. The zero-order valence-corrected chi connectivity index (χ0v) is 16.9. The van der Waals surface area contributed by atoms with Gasteiger partial charge in [0.1, 0.15) is 17.5 Å². The summed E-state index contributed by atoms with van der Waals surface area (Å²) in [5, 5.41) is 5.72. The van der Waals surface area contributed by atoms with Crippen molar-refractivity contribution < 1.29 is 22.8 Å². The van der Waals surface area contributed by atoms with Crippen LogP contribution in [0.15, 0.2) is 36.4 Å². The number of halogens is 3. The zero-order chi connectivity index (χ0) is 22.1. The number of rotatable bonds is 6. The number of fused-ring (bicyclic) bond motifs is 1. The van der Waals surface area contributed by atoms with Crippen LogP contribution in [-0.2, 0) is 9.59 Å². The van der Waals surface area contributed by atoms with Gasteiger partial charge < -0.3 is 15.6 Å². The second-order valence-corrected chi connectivity index (χ2v) is 7.98. The lowest BCUT2D eigenvalue weighted by Crippen LogP contribution is -2.40. The number of amides is 2. The number of benzene rings is 2. The van der Waals surface area contributed by atoms with E-state index in [-0.39, 0.29) is 41.5 Å². The molecule has 1 saturated carbocycles. The molecule has 1 aliphatic rings. The highest BCUT2D eigenvalue weighted by Gasteiger charge is 2.34. The third kappa shape index (κ3) is 4.42. The van der Waals surface area contributed by atoms with Crippen LogP contribution in [0.2, 0.25) is 0 Å². The first-order chi connectivity index (χ1) is 14.8. The first kappa shape index (κ1) is 21.0. The number of carbonyl (C=O) groups excluding carboxylic acids is 2. The summed E-state index contributed by atoms with van der Waals surface area (Å²) in [7, 11) is 0. The topological polar surface area (TPSA) is 74.0 Å². The van der Waals surface area contributed by atoms with E-state index in [1.807, 2.05) is 0 Å². The van der Waals surface area contributed by atoms with Gasteiger partial charge in [0, 0.05) is 24.9 Å². The summed E-state index contributed by atoms with van der Waals surface area (Å²) >= 11 is 0. The van der Waals surface area contributed by atoms with E-state index < -0.39 is 11.6 Å². The van der Waals surface area contributed by atoms with Crippen molar-refractivity contribution in [2.45, 2.75) is 25.7 Å². The number of nitrogens with one attached hydrogen (secondary N) is 3. The third-order valence-corrected chi connectivity index (χ3v) is 5.73. The van der Waals surface area contributed by atoms with Gasteiger partial charge in [0.15, 0.2) is 0 Å². The largest absolute Gasteiger partial charge is 0.354 e. The molecule has 3 aromatic rings. The van der Waals surface area contributed by atoms with Crippen LogP contribution >= 0.6 is 0 Å². The van der Waals surface area contributed by atoms with E-state index in [4.69, 9.17) is 0 Å². The van der Waals surface area contributed by atoms with Crippen molar-refractivity contribution in [2.24, 2.45) is 5.92 Å². The van der Waals surface area contributed by atoms with Gasteiger partial charge in [-0.1, -0.05) is 0 Å². The maximum atomic E-state index is 14.4. The number of aromatic nitrogens is 1. The number of hydrogen-bond acceptors (Lipinski definition) is 2. The van der Waals surface area contributed by atoms with Crippen LogP contribution in [0.25, 0.3) is 22.2 Å². The molecule has 1 aromatic heterocycles. The predicted octanol–water partition coefficient (Wildman–Crippen LogP) is 4.00. The Morgan fingerprint density at radius 1 is 1.03 bits per heavy atom. The molecule has 0 unspecified atom stereocenters. The minimum Gasteiger partial charge on any atom is -0.354 e. The number of H-pyrrole nitrogens is 1. The van der Waals surface area contributed by atoms with E-state index in [9.17, 15) is 22.8 Å². The molecule has 31 heavy (non-hydrogen) atoms. The van der Waals surface area contributed by atoms with Gasteiger partial charge in [-0.05, 0) is 66.1 Å². The molecule has 0 aliphatic heterocycles. The first-order valence-electron chi connectivity index (χ1n) is 10.1. The Labute approximate surface area is 177 Å². The summed E-state index contributed by atoms with van der Waals surface area (Å²) in [6.07, 6.45) is 1.47. The van der Waals surface area contributed by atoms with Crippen LogP contribution in [0.3, 0.4) is 0 Å². The summed E-state index contributed by atoms with van der Waals surface area (Å²) in [6, 6.07) is 8.03. The van der Waals surface area contributed by atoms with Crippen LogP contribution in [0.4, 0.5) is 13.2 Å². The fraction of sp³-hybridized carbons (Fsp3) is 0.304. The van der Waals surface area contributed by atoms with E-state index >= 15 is 0 Å². The molecular weight excluding hydrogens is 407 g/mol. The van der Waals surface area contributed by atoms with Gasteiger partial charge in [-0.3, -0.25) is 9.59 Å². The summed E-state index contributed by atoms with van der Waals surface area (Å²) in [4.78, 5) is 25.7. The van der Waals surface area contributed by atoms with Gasteiger partial charge in [-0.25, -0.2) is 13.2 Å². The van der Waals surface area contributed by atoms with Crippen LogP contribution in [0, 0.1) is 23.4 Å². The molecule has 162 valence electrons. The zero-order valence-electron chi connectivity index (χ0n) is 16.9. The lowest BCUT2D eigenvalue weighted by Gasteiger charge is -2.36. The van der Waals surface area contributed by atoms with E-state index in [1.54, 1.807) is 12.1 Å². The van der Waals surface area contributed by atoms with Crippen LogP contribution in [-0.4, -0.2) is 29.9 Å². The first-order valence-corrected chi connectivity index (χ1v) is 10.1. The van der Waals surface area contributed by atoms with Gasteiger partial charge >= 0.3 is 0 Å². The third-order valence-electron chi connectivity index (χ3n) is 5.73. The predicted molar refractivity (Wildman–Crippen MR) is 111 cm³/mol. The van der Waals surface area contributed by atoms with Gasteiger partial charge in [0.05, 0.1) is 17.8 Å². The summed E-state index contributed by atoms with van der Waals surface area (Å²) < 4.78 is 41.8. The molecule has 3 N–H and O–H groups in total. The molecule has 0 bridgehead atoms. The molecule has 1 fully saturated rings. The van der Waals surface area contributed by atoms with Gasteiger partial charge in [-0.2, -0.15) is 0 Å². The maximum Gasteiger partial charge on any atom is 0.239 e. The highest BCUT2D eigenvalue weighted by molar-refractivity contribution is 5.92. The number of hydrogen-bond donors (Lipinski definition) is 3. The lowest BCUT2D eigenvalue weighted by molar-refractivity contribution is -0.125. The van der Waals surface area contributed by atoms with Crippen molar-refractivity contribution in [3.63, 3.8) is 0 Å². The normalized spacial score (nSPS) is 17.9. The summed E-state index contributed by atoms with van der Waals surface area (Å²) in [6.45, 7) is 1.74. The molecule has 2 amide bonds. The fourth-order valence-electron chi connectivity index (χ4n) is 4.17. The molecule has 0 atom stereocenters. The highest BCUT2D eigenvalue weighted by atomic mass is 19.1. The van der Waals surface area contributed by atoms with Crippen molar-refractivity contribution >= 4 is 22.7 Å². The molecule has 0 spiro atoms. The van der Waals surface area contributed by atoms with E-state index in [0.717, 1.165) is 24.5 Å². The Bertz CT molecular complexity index is 1140. The minimum absolute atomic E-state index is 0.0484. The molecular formula is C23H22F3N3O2. The van der Waals surface area contributed by atoms with Crippen molar-refractivity contribution in [3.05, 3.63) is 59.4 Å². The van der Waals surface area contributed by atoms with Gasteiger partial charge in [0.2, 0.25) is 11.8 Å². The Kier molecular flexibility index (Phi) is 5.71. The minimum atomic E-state index is -0.675. The molecule has 8 heteroatoms. The average molecular weight is 429 g/mol. The highest BCUT2D eigenvalue weighted by Crippen LogP contribution is 2.48. The number of aromatic amines is 1. The van der Waals surface area contributed by atoms with Crippen LogP contribution in [0.5, 0.6) is 0 Å². The van der Waals surface area contributed by atoms with E-state index in [1.165, 1.54) is 25.1 Å². The monoisotopic (exact) mass is 429 g/mol. The Balaban J connectivity index is 1.55. The smallest absolute Gasteiger partial charge is 0.239 e. The average Bonchev–Trinajstić information content (AvgIpc) is 3.05. The second kappa shape index (κ2) is 8.45. The molecule has 4 rings (SSSR count). The molecule has 2 aromatic carbocycles. The number of carbonyl (C=O) groups is 2. The molecule has 1 heterocycles. The Morgan fingerprint density at radius 2 is 1.74 bits per heavy atom. The Hall–Kier alpha value is -3.29. The standard InChI is InChI=1S/C23H22F3N3O2/c1-12(30)27-11-20(31)28-10-13-6-15(7-13)21-18-8-17(25)9-19(26)23(18)29-22(21)14-2-4-16(24)5-3-14/h2-5,8-9,13,15,29H,6-7,10-11H2,1H3,(H,27,30)(H,28,31)/t13-,15-. The SMILES string of the molecule is CC(=O)NCC(=O)NC[C@H]1C[C@H](c2c(-c3ccc(F)cc3)[nH]c3c(F)cc(F)cc32)C1. The lowest BCUT2D eigenvalue weighted by atomic mass is 9.70. The van der Waals surface area contributed by atoms with E-state index in [0.29, 0.717) is 23.2 Å². The maximum absolute atomic E-state index is 14.4. The molecule has 0 saturated heterocycles. The summed E-state index contributed by atoms with van der Waals surface area (Å²) in [5.41, 5.74) is 2.38. The van der Waals surface area contributed by atoms with Crippen molar-refractivity contribution in [3.8, 4) is 11.3 Å². The molecule has 0 radical (unpaired) electrons. The van der Waals surface area contributed by atoms with Gasteiger partial charge in [-0.15, -0.1) is 0 Å². The molecule has 5 nitrogen and oxygen atoms in total. The quantitative estimate of drug-likeness (QED) is 0.554. The van der Waals surface area contributed by atoms with Crippen molar-refractivity contribution in [1.29, 1.82) is 0 Å². The van der Waals surface area contributed by atoms with Crippen LogP contribution in [0.1, 0.15) is 31.2 Å². The second-order valence-electron chi connectivity index (χ2n) is 7.98. The van der Waals surface area contributed by atoms with E-state index in [2.05, 4.69) is 15.6 Å². The van der Waals surface area contributed by atoms with Crippen molar-refractivity contribution in [2.75, 3.05) is 13.1 Å². The fourth-order valence-corrected chi connectivity index (χ4v) is 4.17. The van der Waals surface area contributed by atoms with Gasteiger partial charge in [0.25, 0.3) is 0 Å². The van der Waals surface area contributed by atoms with Crippen LogP contribution < -0.4 is 10.6 Å². The molecule has 1 aliphatic carbocycles. The van der Waals surface area contributed by atoms with Crippen molar-refractivity contribution in [1.82, 2.24) is 15.6 Å².